The highest BCUT2D eigenvalue weighted by molar-refractivity contribution is 7.10. The Bertz CT molecular complexity index is 1260. The average molecular weight is 519 g/mol. The van der Waals surface area contributed by atoms with Crippen LogP contribution in [0, 0.1) is 0 Å². The number of rotatable bonds is 5. The molecule has 0 aliphatic carbocycles. The van der Waals surface area contributed by atoms with E-state index in [1.54, 1.807) is 24.3 Å². The molecule has 0 bridgehead atoms. The maximum Gasteiger partial charge on any atom is 0.416 e. The first-order chi connectivity index (χ1) is 17.2. The molecule has 1 aliphatic heterocycles. The topological polar surface area (TPSA) is 99.8 Å². The van der Waals surface area contributed by atoms with Crippen molar-refractivity contribution in [3.8, 4) is 11.5 Å². The van der Waals surface area contributed by atoms with Crippen LogP contribution in [0.15, 0.2) is 60.0 Å². The lowest BCUT2D eigenvalue weighted by Crippen LogP contribution is -2.49. The van der Waals surface area contributed by atoms with E-state index in [2.05, 4.69) is 16.2 Å². The molecule has 2 heterocycles. The summed E-state index contributed by atoms with van der Waals surface area (Å²) in [6.07, 6.45) is -4.54. The summed E-state index contributed by atoms with van der Waals surface area (Å²) in [5.74, 6) is -0.371. The number of carbonyl (C=O) groups excluding carboxylic acids is 3. The number of ether oxygens (including phenoxy) is 1. The Hall–Kier alpha value is -4.06. The van der Waals surface area contributed by atoms with Gasteiger partial charge in [-0.2, -0.15) is 13.2 Å². The quantitative estimate of drug-likeness (QED) is 0.437. The van der Waals surface area contributed by atoms with Gasteiger partial charge in [-0.3, -0.25) is 19.9 Å². The molecular weight excluding hydrogens is 497 g/mol. The lowest BCUT2D eigenvalue weighted by molar-refractivity contribution is -0.137. The van der Waals surface area contributed by atoms with E-state index in [4.69, 9.17) is 4.74 Å². The van der Waals surface area contributed by atoms with E-state index < -0.39 is 23.7 Å². The zero-order valence-electron chi connectivity index (χ0n) is 18.7. The number of nitrogens with zero attached hydrogens (tertiary/aromatic N) is 1. The van der Waals surface area contributed by atoms with Crippen LogP contribution in [0.2, 0.25) is 0 Å². The van der Waals surface area contributed by atoms with Crippen molar-refractivity contribution in [2.75, 3.05) is 11.4 Å². The largest absolute Gasteiger partial charge is 0.455 e. The zero-order chi connectivity index (χ0) is 25.7. The smallest absolute Gasteiger partial charge is 0.416 e. The molecule has 0 unspecified atom stereocenters. The number of hydrogen-bond acceptors (Lipinski definition) is 5. The molecule has 12 heteroatoms. The number of hydrogen-bond donors (Lipinski definition) is 3. The molecule has 3 N–H and O–H groups in total. The summed E-state index contributed by atoms with van der Waals surface area (Å²) >= 11 is 1.45. The first kappa shape index (κ1) is 25.0. The van der Waals surface area contributed by atoms with Crippen molar-refractivity contribution in [3.63, 3.8) is 0 Å². The van der Waals surface area contributed by atoms with Crippen LogP contribution in [-0.2, 0) is 28.7 Å². The van der Waals surface area contributed by atoms with Gasteiger partial charge in [0.2, 0.25) is 11.8 Å². The molecule has 4 rings (SSSR count). The highest BCUT2D eigenvalue weighted by atomic mass is 32.1. The molecule has 0 atom stereocenters. The van der Waals surface area contributed by atoms with Gasteiger partial charge in [-0.15, -0.1) is 11.3 Å². The highest BCUT2D eigenvalue weighted by Crippen LogP contribution is 2.42. The maximum atomic E-state index is 13.3. The number of carbonyl (C=O) groups is 3. The molecule has 2 aromatic carbocycles. The summed E-state index contributed by atoms with van der Waals surface area (Å²) in [7, 11) is 0. The van der Waals surface area contributed by atoms with Gasteiger partial charge in [0.15, 0.2) is 5.75 Å². The van der Waals surface area contributed by atoms with Gasteiger partial charge in [-0.25, -0.2) is 10.2 Å². The minimum absolute atomic E-state index is 0.0502. The van der Waals surface area contributed by atoms with Gasteiger partial charge < -0.3 is 10.1 Å². The minimum Gasteiger partial charge on any atom is -0.455 e. The van der Waals surface area contributed by atoms with Gasteiger partial charge in [-0.05, 0) is 35.7 Å². The van der Waals surface area contributed by atoms with Crippen LogP contribution in [0.5, 0.6) is 11.5 Å². The van der Waals surface area contributed by atoms with Crippen LogP contribution < -0.4 is 25.8 Å². The molecule has 3 aromatic rings. The zero-order valence-corrected chi connectivity index (χ0v) is 19.5. The highest BCUT2D eigenvalue weighted by Gasteiger charge is 2.34. The van der Waals surface area contributed by atoms with Crippen molar-refractivity contribution in [2.24, 2.45) is 0 Å². The second kappa shape index (κ2) is 10.7. The molecule has 1 aromatic heterocycles. The fraction of sp³-hybridized carbons (Fsp3) is 0.208. The van der Waals surface area contributed by atoms with E-state index in [1.807, 2.05) is 17.5 Å². The number of para-hydroxylation sites is 1. The van der Waals surface area contributed by atoms with Crippen molar-refractivity contribution in [1.29, 1.82) is 0 Å². The van der Waals surface area contributed by atoms with Crippen LogP contribution in [0.4, 0.5) is 23.7 Å². The maximum absolute atomic E-state index is 13.3. The van der Waals surface area contributed by atoms with Crippen molar-refractivity contribution in [3.05, 3.63) is 76.0 Å². The Morgan fingerprint density at radius 3 is 2.53 bits per heavy atom. The fourth-order valence-electron chi connectivity index (χ4n) is 3.48. The Morgan fingerprint density at radius 2 is 1.78 bits per heavy atom. The molecule has 1 aliphatic rings. The van der Waals surface area contributed by atoms with Crippen LogP contribution in [0.25, 0.3) is 0 Å². The Balaban J connectivity index is 1.40. The van der Waals surface area contributed by atoms with E-state index >= 15 is 0 Å². The Labute approximate surface area is 208 Å². The third kappa shape index (κ3) is 6.13. The molecule has 0 spiro atoms. The monoisotopic (exact) mass is 518 g/mol. The molecule has 36 heavy (non-hydrogen) atoms. The first-order valence-corrected chi connectivity index (χ1v) is 11.7. The van der Waals surface area contributed by atoms with Gasteiger partial charge in [0.05, 0.1) is 24.2 Å². The fourth-order valence-corrected chi connectivity index (χ4v) is 4.19. The number of nitrogens with one attached hydrogen (secondary N) is 3. The Morgan fingerprint density at radius 1 is 0.972 bits per heavy atom. The molecule has 188 valence electrons. The number of thiophene rings is 1. The van der Waals surface area contributed by atoms with Crippen molar-refractivity contribution in [2.45, 2.75) is 25.6 Å². The number of fused-ring (bicyclic) bond motifs is 2. The number of alkyl halides is 3. The van der Waals surface area contributed by atoms with Crippen molar-refractivity contribution in [1.82, 2.24) is 16.2 Å². The van der Waals surface area contributed by atoms with Crippen molar-refractivity contribution < 1.29 is 32.3 Å². The van der Waals surface area contributed by atoms with E-state index in [0.29, 0.717) is 11.3 Å². The minimum atomic E-state index is -4.63. The second-order valence-electron chi connectivity index (χ2n) is 7.81. The number of benzene rings is 2. The van der Waals surface area contributed by atoms with Gasteiger partial charge in [0.25, 0.3) is 0 Å². The third-order valence-electron chi connectivity index (χ3n) is 5.24. The number of urea groups is 1. The predicted molar refractivity (Wildman–Crippen MR) is 126 cm³/mol. The lowest BCUT2D eigenvalue weighted by Gasteiger charge is -2.23. The molecule has 0 saturated carbocycles. The standard InChI is InChI=1S/C24H21F3N4O4S/c25-24(26,27)16-7-8-20-18(12-16)31(14-15-4-1-2-6-19(15)35-20)23(34)30-29-21(32)9-10-28-22(33)13-17-5-3-11-36-17/h1-8,11-12H,9-10,13-14H2,(H,28,33)(H,29,32)(H,30,34). The predicted octanol–water partition coefficient (Wildman–Crippen LogP) is 4.37. The summed E-state index contributed by atoms with van der Waals surface area (Å²) in [5.41, 5.74) is 3.97. The van der Waals surface area contributed by atoms with Crippen molar-refractivity contribution >= 4 is 34.9 Å². The van der Waals surface area contributed by atoms with E-state index in [-0.39, 0.29) is 43.3 Å². The Kier molecular flexibility index (Phi) is 7.44. The average Bonchev–Trinajstić information content (AvgIpc) is 3.28. The first-order valence-electron chi connectivity index (χ1n) is 10.8. The van der Waals surface area contributed by atoms with Gasteiger partial charge >= 0.3 is 12.2 Å². The molecule has 4 amide bonds. The number of anilines is 1. The van der Waals surface area contributed by atoms with E-state index in [9.17, 15) is 27.6 Å². The summed E-state index contributed by atoms with van der Waals surface area (Å²) in [6.45, 7) is -0.0421. The SMILES string of the molecule is O=C(Cc1cccs1)NCCC(=O)NNC(=O)N1Cc2ccccc2Oc2ccc(C(F)(F)F)cc21. The summed E-state index contributed by atoms with van der Waals surface area (Å²) < 4.78 is 45.8. The third-order valence-corrected chi connectivity index (χ3v) is 6.12. The summed E-state index contributed by atoms with van der Waals surface area (Å²) in [6, 6.07) is 12.4. The van der Waals surface area contributed by atoms with E-state index in [1.165, 1.54) is 11.3 Å². The summed E-state index contributed by atoms with van der Waals surface area (Å²) in [4.78, 5) is 39.0. The molecule has 8 nitrogen and oxygen atoms in total. The second-order valence-corrected chi connectivity index (χ2v) is 8.84. The molecule has 0 fully saturated rings. The van der Waals surface area contributed by atoms with Gasteiger partial charge in [-0.1, -0.05) is 24.3 Å². The van der Waals surface area contributed by atoms with Crippen LogP contribution in [-0.4, -0.2) is 24.4 Å². The number of halogens is 3. The van der Waals surface area contributed by atoms with Crippen LogP contribution in [0.1, 0.15) is 22.4 Å². The van der Waals surface area contributed by atoms with Crippen LogP contribution >= 0.6 is 11.3 Å². The van der Waals surface area contributed by atoms with E-state index in [0.717, 1.165) is 28.0 Å². The molecular formula is C24H21F3N4O4S. The number of amides is 4. The number of hydrazine groups is 1. The lowest BCUT2D eigenvalue weighted by atomic mass is 10.1. The normalized spacial score (nSPS) is 12.5. The van der Waals surface area contributed by atoms with Gasteiger partial charge in [0.1, 0.15) is 5.75 Å². The molecule has 0 radical (unpaired) electrons. The van der Waals surface area contributed by atoms with Gasteiger partial charge in [0, 0.05) is 23.4 Å². The van der Waals surface area contributed by atoms with Crippen LogP contribution in [0.3, 0.4) is 0 Å². The summed E-state index contributed by atoms with van der Waals surface area (Å²) in [5, 5.41) is 4.47. The molecule has 0 saturated heterocycles.